The van der Waals surface area contributed by atoms with Crippen molar-refractivity contribution < 1.29 is 4.74 Å². The van der Waals surface area contributed by atoms with Crippen LogP contribution in [-0.4, -0.2) is 32.8 Å². The summed E-state index contributed by atoms with van der Waals surface area (Å²) >= 11 is 6.24. The Morgan fingerprint density at radius 2 is 2.10 bits per heavy atom. The maximum absolute atomic E-state index is 9.51. The molecular weight excluding hydrogens is 386 g/mol. The molecule has 2 aliphatic rings. The van der Waals surface area contributed by atoms with Gasteiger partial charge >= 0.3 is 0 Å². The fraction of sp³-hybridized carbons (Fsp3) is 0.318. The lowest BCUT2D eigenvalue weighted by atomic mass is 9.83. The minimum absolute atomic E-state index is 0.406. The highest BCUT2D eigenvalue weighted by Gasteiger charge is 2.46. The fourth-order valence-corrected chi connectivity index (χ4v) is 4.56. The van der Waals surface area contributed by atoms with E-state index in [9.17, 15) is 5.26 Å². The van der Waals surface area contributed by atoms with Crippen molar-refractivity contribution in [1.82, 2.24) is 19.7 Å². The zero-order valence-electron chi connectivity index (χ0n) is 15.8. The first-order chi connectivity index (χ1) is 14.2. The van der Waals surface area contributed by atoms with Gasteiger partial charge in [-0.3, -0.25) is 9.88 Å². The number of nitrogens with zero attached hydrogens (tertiary/aromatic N) is 5. The van der Waals surface area contributed by atoms with E-state index in [4.69, 9.17) is 16.3 Å². The summed E-state index contributed by atoms with van der Waals surface area (Å²) in [5, 5.41) is 14.7. The molecule has 2 aromatic heterocycles. The van der Waals surface area contributed by atoms with Crippen LogP contribution < -0.4 is 0 Å². The first kappa shape index (κ1) is 18.3. The lowest BCUT2D eigenvalue weighted by Crippen LogP contribution is -2.42. The second kappa shape index (κ2) is 7.27. The first-order valence-electron chi connectivity index (χ1n) is 9.70. The van der Waals surface area contributed by atoms with E-state index >= 15 is 0 Å². The molecule has 7 heteroatoms. The van der Waals surface area contributed by atoms with Gasteiger partial charge in [0, 0.05) is 48.2 Å². The number of fused-ring (bicyclic) bond motifs is 2. The lowest BCUT2D eigenvalue weighted by Gasteiger charge is -2.39. The number of aromatic nitrogens is 3. The fourth-order valence-electron chi connectivity index (χ4n) is 4.39. The first-order valence-corrected chi connectivity index (χ1v) is 10.1. The molecule has 0 aliphatic carbocycles. The molecule has 0 N–H and O–H groups in total. The van der Waals surface area contributed by atoms with E-state index in [2.05, 4.69) is 21.1 Å². The lowest BCUT2D eigenvalue weighted by molar-refractivity contribution is -0.0933. The Hall–Kier alpha value is -2.72. The van der Waals surface area contributed by atoms with Crippen LogP contribution in [0, 0.1) is 11.3 Å². The monoisotopic (exact) mass is 405 g/mol. The summed E-state index contributed by atoms with van der Waals surface area (Å²) in [5.74, 6) is 0. The largest absolute Gasteiger partial charge is 0.347 e. The average Bonchev–Trinajstić information content (AvgIpc) is 3.34. The van der Waals surface area contributed by atoms with Gasteiger partial charge in [0.05, 0.1) is 29.8 Å². The van der Waals surface area contributed by atoms with Gasteiger partial charge in [0.1, 0.15) is 0 Å². The zero-order valence-corrected chi connectivity index (χ0v) is 16.6. The van der Waals surface area contributed by atoms with Gasteiger partial charge in [-0.25, -0.2) is 4.68 Å². The highest BCUT2D eigenvalue weighted by atomic mass is 35.5. The van der Waals surface area contributed by atoms with Crippen molar-refractivity contribution in [2.24, 2.45) is 0 Å². The topological polar surface area (TPSA) is 67.0 Å². The van der Waals surface area contributed by atoms with Crippen molar-refractivity contribution in [2.75, 3.05) is 13.1 Å². The second-order valence-electron chi connectivity index (χ2n) is 7.63. The maximum Gasteiger partial charge on any atom is 0.170 e. The van der Waals surface area contributed by atoms with E-state index in [1.165, 1.54) is 0 Å². The summed E-state index contributed by atoms with van der Waals surface area (Å²) in [7, 11) is 0. The number of hydrogen-bond acceptors (Lipinski definition) is 5. The van der Waals surface area contributed by atoms with Crippen molar-refractivity contribution in [3.63, 3.8) is 0 Å². The molecule has 1 unspecified atom stereocenters. The normalized spacial score (nSPS) is 20.5. The Bertz CT molecular complexity index is 1070. The van der Waals surface area contributed by atoms with Crippen LogP contribution in [0.4, 0.5) is 0 Å². The average molecular weight is 406 g/mol. The van der Waals surface area contributed by atoms with E-state index in [0.29, 0.717) is 5.02 Å². The number of likely N-dealkylation sites (tertiary alicyclic amines) is 1. The van der Waals surface area contributed by atoms with Crippen LogP contribution in [0.3, 0.4) is 0 Å². The van der Waals surface area contributed by atoms with Crippen LogP contribution in [0.5, 0.6) is 0 Å². The molecule has 4 heterocycles. The summed E-state index contributed by atoms with van der Waals surface area (Å²) in [6.07, 6.45) is 8.69. The molecule has 1 aromatic carbocycles. The van der Waals surface area contributed by atoms with Crippen LogP contribution in [0.25, 0.3) is 5.69 Å². The number of halogens is 1. The van der Waals surface area contributed by atoms with Crippen LogP contribution in [0.2, 0.25) is 5.02 Å². The molecule has 1 spiro atoms. The van der Waals surface area contributed by atoms with E-state index in [-0.39, 0.29) is 0 Å². The third-order valence-corrected chi connectivity index (χ3v) is 6.10. The Morgan fingerprint density at radius 1 is 1.24 bits per heavy atom. The highest BCUT2D eigenvalue weighted by molar-refractivity contribution is 6.30. The Labute approximate surface area is 174 Å². The zero-order chi connectivity index (χ0) is 19.8. The van der Waals surface area contributed by atoms with E-state index in [1.807, 2.05) is 47.4 Å². The molecule has 3 aromatic rings. The third-order valence-electron chi connectivity index (χ3n) is 5.87. The number of ether oxygens (including phenoxy) is 1. The molecule has 5 rings (SSSR count). The predicted octanol–water partition coefficient (Wildman–Crippen LogP) is 4.01. The Morgan fingerprint density at radius 3 is 2.86 bits per heavy atom. The van der Waals surface area contributed by atoms with Gasteiger partial charge in [0.25, 0.3) is 0 Å². The van der Waals surface area contributed by atoms with Crippen molar-refractivity contribution in [2.45, 2.75) is 31.1 Å². The minimum atomic E-state index is -0.508. The van der Waals surface area contributed by atoms with E-state index in [1.54, 1.807) is 12.4 Å². The number of benzene rings is 1. The van der Waals surface area contributed by atoms with Gasteiger partial charge in [-0.05, 0) is 42.7 Å². The summed E-state index contributed by atoms with van der Waals surface area (Å²) in [5.41, 5.74) is 3.75. The number of pyridine rings is 1. The molecular formula is C22H20ClN5O. The van der Waals surface area contributed by atoms with Crippen molar-refractivity contribution in [3.8, 4) is 11.8 Å². The molecule has 2 aliphatic heterocycles. The molecule has 6 nitrogen and oxygen atoms in total. The Balaban J connectivity index is 1.29. The quantitative estimate of drug-likeness (QED) is 0.658. The Kier molecular flexibility index (Phi) is 4.59. The van der Waals surface area contributed by atoms with Crippen LogP contribution in [-0.2, 0) is 16.9 Å². The van der Waals surface area contributed by atoms with Crippen molar-refractivity contribution in [3.05, 3.63) is 76.8 Å². The van der Waals surface area contributed by atoms with Gasteiger partial charge in [0.15, 0.2) is 6.10 Å². The third kappa shape index (κ3) is 3.32. The predicted molar refractivity (Wildman–Crippen MR) is 108 cm³/mol. The molecule has 29 heavy (non-hydrogen) atoms. The molecule has 1 fully saturated rings. The SMILES string of the molecule is N#CC1OC2(CCN(Cc3cnn(-c4cccnc4)c3)CC2)c2cc(Cl)ccc21. The number of hydrogen-bond donors (Lipinski definition) is 0. The smallest absolute Gasteiger partial charge is 0.170 e. The number of piperidine rings is 1. The van der Waals surface area contributed by atoms with Gasteiger partial charge < -0.3 is 4.74 Å². The van der Waals surface area contributed by atoms with Crippen molar-refractivity contribution in [1.29, 1.82) is 5.26 Å². The molecule has 0 saturated carbocycles. The highest BCUT2D eigenvalue weighted by Crippen LogP contribution is 2.49. The second-order valence-corrected chi connectivity index (χ2v) is 8.07. The van der Waals surface area contributed by atoms with Crippen LogP contribution in [0.15, 0.2) is 55.1 Å². The summed E-state index contributed by atoms with van der Waals surface area (Å²) in [6, 6.07) is 11.9. The van der Waals surface area contributed by atoms with Gasteiger partial charge in [0.2, 0.25) is 0 Å². The van der Waals surface area contributed by atoms with Crippen molar-refractivity contribution >= 4 is 11.6 Å². The molecule has 146 valence electrons. The standard InChI is InChI=1S/C22H20ClN5O/c23-17-3-4-19-20(10-17)22(29-21(19)11-24)5-8-27(9-6-22)14-16-12-26-28(15-16)18-2-1-7-25-13-18/h1-4,7,10,12-13,15,21H,5-6,8-9,14H2. The maximum atomic E-state index is 9.51. The molecule has 0 bridgehead atoms. The minimum Gasteiger partial charge on any atom is -0.347 e. The van der Waals surface area contributed by atoms with E-state index < -0.39 is 11.7 Å². The molecule has 1 saturated heterocycles. The van der Waals surface area contributed by atoms with Crippen LogP contribution in [0.1, 0.15) is 35.6 Å². The summed E-state index contributed by atoms with van der Waals surface area (Å²) < 4.78 is 8.11. The molecule has 0 amide bonds. The van der Waals surface area contributed by atoms with Gasteiger partial charge in [-0.15, -0.1) is 0 Å². The number of rotatable bonds is 3. The summed E-state index contributed by atoms with van der Waals surface area (Å²) in [4.78, 5) is 6.55. The van der Waals surface area contributed by atoms with E-state index in [0.717, 1.165) is 54.9 Å². The van der Waals surface area contributed by atoms with Crippen LogP contribution >= 0.6 is 11.6 Å². The molecule has 1 atom stereocenters. The molecule has 0 radical (unpaired) electrons. The van der Waals surface area contributed by atoms with Gasteiger partial charge in [-0.2, -0.15) is 10.4 Å². The summed E-state index contributed by atoms with van der Waals surface area (Å²) in [6.45, 7) is 2.62. The number of nitriles is 1. The van der Waals surface area contributed by atoms with Gasteiger partial charge in [-0.1, -0.05) is 17.7 Å².